The van der Waals surface area contributed by atoms with Crippen molar-refractivity contribution in [1.82, 2.24) is 4.98 Å². The Morgan fingerprint density at radius 2 is 2.12 bits per heavy atom. The van der Waals surface area contributed by atoms with Crippen LogP contribution in [0, 0.1) is 0 Å². The Labute approximate surface area is 97.1 Å². The van der Waals surface area contributed by atoms with E-state index in [1.54, 1.807) is 0 Å². The molecule has 0 atom stereocenters. The van der Waals surface area contributed by atoms with E-state index in [0.29, 0.717) is 0 Å². The molecular formula is C8H7BrF3NO3. The molecule has 4 nitrogen and oxygen atoms in total. The lowest BCUT2D eigenvalue weighted by atomic mass is 10.3. The van der Waals surface area contributed by atoms with Crippen molar-refractivity contribution in [2.75, 3.05) is 7.11 Å². The van der Waals surface area contributed by atoms with E-state index in [-0.39, 0.29) is 22.5 Å². The van der Waals surface area contributed by atoms with Gasteiger partial charge in [0.25, 0.3) is 0 Å². The first-order valence-corrected chi connectivity index (χ1v) is 5.08. The van der Waals surface area contributed by atoms with Crippen LogP contribution in [0.2, 0.25) is 0 Å². The molecule has 0 aliphatic rings. The molecule has 1 heterocycles. The molecule has 1 aromatic heterocycles. The second kappa shape index (κ2) is 4.77. The number of pyridine rings is 1. The number of methoxy groups -OCH3 is 1. The third kappa shape index (κ3) is 3.16. The number of hydrogen-bond acceptors (Lipinski definition) is 4. The Kier molecular flexibility index (Phi) is 3.84. The quantitative estimate of drug-likeness (QED) is 0.872. The highest BCUT2D eigenvalue weighted by molar-refractivity contribution is 9.08. The average Bonchev–Trinajstić information content (AvgIpc) is 2.18. The maximum Gasteiger partial charge on any atom is 0.574 e. The van der Waals surface area contributed by atoms with Gasteiger partial charge in [-0.25, -0.2) is 4.98 Å². The SMILES string of the molecule is COc1cc(OC(F)(F)F)nc(CBr)c1O. The van der Waals surface area contributed by atoms with E-state index >= 15 is 0 Å². The molecule has 0 saturated heterocycles. The lowest BCUT2D eigenvalue weighted by Gasteiger charge is -2.11. The molecule has 1 rings (SSSR count). The molecule has 0 aliphatic heterocycles. The van der Waals surface area contributed by atoms with Gasteiger partial charge in [-0.05, 0) is 0 Å². The summed E-state index contributed by atoms with van der Waals surface area (Å²) < 4.78 is 44.1. The molecule has 8 heteroatoms. The van der Waals surface area contributed by atoms with Gasteiger partial charge in [-0.2, -0.15) is 0 Å². The number of nitrogens with zero attached hydrogens (tertiary/aromatic N) is 1. The lowest BCUT2D eigenvalue weighted by molar-refractivity contribution is -0.276. The highest BCUT2D eigenvalue weighted by Crippen LogP contribution is 2.34. The van der Waals surface area contributed by atoms with E-state index in [1.807, 2.05) is 0 Å². The monoisotopic (exact) mass is 301 g/mol. The fraction of sp³-hybridized carbons (Fsp3) is 0.375. The van der Waals surface area contributed by atoms with Crippen molar-refractivity contribution in [3.8, 4) is 17.4 Å². The Morgan fingerprint density at radius 1 is 1.50 bits per heavy atom. The van der Waals surface area contributed by atoms with Crippen LogP contribution in [0.15, 0.2) is 6.07 Å². The molecule has 1 N–H and O–H groups in total. The largest absolute Gasteiger partial charge is 0.574 e. The van der Waals surface area contributed by atoms with Gasteiger partial charge in [0, 0.05) is 11.4 Å². The number of aromatic hydroxyl groups is 1. The first-order chi connectivity index (χ1) is 7.37. The molecule has 1 aromatic rings. The predicted molar refractivity (Wildman–Crippen MR) is 51.8 cm³/mol. The summed E-state index contributed by atoms with van der Waals surface area (Å²) in [7, 11) is 1.21. The average molecular weight is 302 g/mol. The summed E-state index contributed by atoms with van der Waals surface area (Å²) in [5.74, 6) is -1.14. The molecule has 0 bridgehead atoms. The van der Waals surface area contributed by atoms with Crippen molar-refractivity contribution in [3.05, 3.63) is 11.8 Å². The van der Waals surface area contributed by atoms with Crippen molar-refractivity contribution in [2.24, 2.45) is 0 Å². The lowest BCUT2D eigenvalue weighted by Crippen LogP contribution is -2.18. The van der Waals surface area contributed by atoms with Crippen molar-refractivity contribution in [1.29, 1.82) is 0 Å². The van der Waals surface area contributed by atoms with Gasteiger partial charge in [-0.15, -0.1) is 13.2 Å². The zero-order valence-corrected chi connectivity index (χ0v) is 9.59. The summed E-state index contributed by atoms with van der Waals surface area (Å²) in [5, 5.41) is 9.53. The minimum Gasteiger partial charge on any atom is -0.503 e. The molecule has 16 heavy (non-hydrogen) atoms. The zero-order valence-electron chi connectivity index (χ0n) is 8.01. The molecular weight excluding hydrogens is 295 g/mol. The Balaban J connectivity index is 3.12. The van der Waals surface area contributed by atoms with Crippen molar-refractivity contribution in [2.45, 2.75) is 11.7 Å². The Hall–Kier alpha value is -1.18. The third-order valence-electron chi connectivity index (χ3n) is 1.57. The molecule has 0 amide bonds. The van der Waals surface area contributed by atoms with Gasteiger partial charge in [0.2, 0.25) is 5.88 Å². The zero-order chi connectivity index (χ0) is 12.3. The van der Waals surface area contributed by atoms with E-state index in [1.165, 1.54) is 7.11 Å². The topological polar surface area (TPSA) is 51.6 Å². The highest BCUT2D eigenvalue weighted by Gasteiger charge is 2.32. The molecule has 90 valence electrons. The van der Waals surface area contributed by atoms with Crippen LogP contribution in [0.4, 0.5) is 13.2 Å². The van der Waals surface area contributed by atoms with Gasteiger partial charge in [-0.1, -0.05) is 15.9 Å². The van der Waals surface area contributed by atoms with Crippen LogP contribution in [0.5, 0.6) is 17.4 Å². The van der Waals surface area contributed by atoms with E-state index in [2.05, 4.69) is 30.4 Å². The smallest absolute Gasteiger partial charge is 0.503 e. The van der Waals surface area contributed by atoms with E-state index in [9.17, 15) is 18.3 Å². The van der Waals surface area contributed by atoms with Crippen molar-refractivity contribution in [3.63, 3.8) is 0 Å². The van der Waals surface area contributed by atoms with Gasteiger partial charge in [0.05, 0.1) is 7.11 Å². The summed E-state index contributed by atoms with van der Waals surface area (Å²) in [6.45, 7) is 0. The Morgan fingerprint density at radius 3 is 2.56 bits per heavy atom. The van der Waals surface area contributed by atoms with Crippen LogP contribution in [0.3, 0.4) is 0 Å². The van der Waals surface area contributed by atoms with Crippen LogP contribution in [0.1, 0.15) is 5.69 Å². The van der Waals surface area contributed by atoms with Crippen LogP contribution in [-0.4, -0.2) is 23.6 Å². The number of alkyl halides is 4. The predicted octanol–water partition coefficient (Wildman–Crippen LogP) is 2.59. The second-order valence-electron chi connectivity index (χ2n) is 2.64. The summed E-state index contributed by atoms with van der Waals surface area (Å²) in [6.07, 6.45) is -4.83. The van der Waals surface area contributed by atoms with Gasteiger partial charge >= 0.3 is 6.36 Å². The first kappa shape index (κ1) is 12.9. The molecule has 0 unspecified atom stereocenters. The maximum atomic E-state index is 11.9. The summed E-state index contributed by atoms with van der Waals surface area (Å²) >= 11 is 2.97. The number of hydrogen-bond donors (Lipinski definition) is 1. The summed E-state index contributed by atoms with van der Waals surface area (Å²) in [6, 6.07) is 0.856. The van der Waals surface area contributed by atoms with Crippen LogP contribution >= 0.6 is 15.9 Å². The Bertz CT molecular complexity index is 358. The normalized spacial score (nSPS) is 11.3. The molecule has 0 aliphatic carbocycles. The third-order valence-corrected chi connectivity index (χ3v) is 2.10. The van der Waals surface area contributed by atoms with E-state index < -0.39 is 12.2 Å². The molecule has 0 saturated carbocycles. The standard InChI is InChI=1S/C8H7BrF3NO3/c1-15-5-2-6(16-8(10,11)12)13-4(3-9)7(5)14/h2,14H,3H2,1H3. The first-order valence-electron chi connectivity index (χ1n) is 3.96. The van der Waals surface area contributed by atoms with Gasteiger partial charge in [0.15, 0.2) is 11.5 Å². The molecule has 0 radical (unpaired) electrons. The fourth-order valence-electron chi connectivity index (χ4n) is 0.961. The highest BCUT2D eigenvalue weighted by atomic mass is 79.9. The number of rotatable bonds is 3. The molecule has 0 spiro atoms. The minimum atomic E-state index is -4.83. The van der Waals surface area contributed by atoms with Crippen LogP contribution in [0.25, 0.3) is 0 Å². The van der Waals surface area contributed by atoms with Gasteiger partial charge < -0.3 is 14.6 Å². The van der Waals surface area contributed by atoms with Crippen molar-refractivity contribution < 1.29 is 27.8 Å². The molecule has 0 aromatic carbocycles. The second-order valence-corrected chi connectivity index (χ2v) is 3.20. The summed E-state index contributed by atoms with van der Waals surface area (Å²) in [4.78, 5) is 3.47. The number of halogens is 4. The van der Waals surface area contributed by atoms with Crippen LogP contribution < -0.4 is 9.47 Å². The van der Waals surface area contributed by atoms with Crippen LogP contribution in [-0.2, 0) is 5.33 Å². The number of ether oxygens (including phenoxy) is 2. The van der Waals surface area contributed by atoms with Crippen molar-refractivity contribution >= 4 is 15.9 Å². The van der Waals surface area contributed by atoms with Gasteiger partial charge in [0.1, 0.15) is 5.69 Å². The van der Waals surface area contributed by atoms with E-state index in [4.69, 9.17) is 0 Å². The van der Waals surface area contributed by atoms with Gasteiger partial charge in [-0.3, -0.25) is 0 Å². The van der Waals surface area contributed by atoms with E-state index in [0.717, 1.165) is 6.07 Å². The number of aromatic nitrogens is 1. The minimum absolute atomic E-state index is 0.00130. The maximum absolute atomic E-state index is 11.9. The summed E-state index contributed by atoms with van der Waals surface area (Å²) in [5.41, 5.74) is -0.00130. The fourth-order valence-corrected chi connectivity index (χ4v) is 1.35. The molecule has 0 fully saturated rings.